The van der Waals surface area contributed by atoms with E-state index in [-0.39, 0.29) is 24.8 Å². The summed E-state index contributed by atoms with van der Waals surface area (Å²) in [6.07, 6.45) is 0.675. The van der Waals surface area contributed by atoms with E-state index in [4.69, 9.17) is 0 Å². The first-order valence-electron chi connectivity index (χ1n) is 3.49. The lowest BCUT2D eigenvalue weighted by atomic mass is 10.3. The van der Waals surface area contributed by atoms with Gasteiger partial charge in [-0.15, -0.1) is 0 Å². The number of esters is 1. The normalized spacial score (nSPS) is 9.27. The van der Waals surface area contributed by atoms with Crippen LogP contribution in [0.1, 0.15) is 19.8 Å². The van der Waals surface area contributed by atoms with Crippen LogP contribution in [0.25, 0.3) is 0 Å². The first kappa shape index (κ1) is 10.5. The third kappa shape index (κ3) is 5.91. The van der Waals surface area contributed by atoms with Crippen molar-refractivity contribution < 1.29 is 14.3 Å². The molecule has 0 radical (unpaired) electrons. The summed E-state index contributed by atoms with van der Waals surface area (Å²) in [4.78, 5) is 21.3. The van der Waals surface area contributed by atoms with E-state index in [2.05, 4.69) is 17.4 Å². The highest BCUT2D eigenvalue weighted by atomic mass is 32.1. The van der Waals surface area contributed by atoms with Gasteiger partial charge in [0.25, 0.3) is 0 Å². The van der Waals surface area contributed by atoms with Crippen LogP contribution in [-0.2, 0) is 14.3 Å². The predicted octanol–water partition coefficient (Wildman–Crippen LogP) is 0.829. The Kier molecular flexibility index (Phi) is 5.93. The van der Waals surface area contributed by atoms with Crippen molar-refractivity contribution in [2.45, 2.75) is 19.8 Å². The fraction of sp³-hybridized carbons (Fsp3) is 0.714. The number of carbonyl (C=O) groups excluding carboxylic acids is 2. The molecule has 0 fully saturated rings. The second-order valence-electron chi connectivity index (χ2n) is 2.03. The molecule has 0 aliphatic heterocycles. The fourth-order valence-corrected chi connectivity index (χ4v) is 0.609. The minimum Gasteiger partial charge on any atom is -0.458 e. The molecule has 0 aromatic rings. The Bertz CT molecular complexity index is 145. The number of ketones is 1. The van der Waals surface area contributed by atoms with Crippen molar-refractivity contribution in [3.8, 4) is 0 Å². The van der Waals surface area contributed by atoms with Gasteiger partial charge in [0.15, 0.2) is 5.78 Å². The van der Waals surface area contributed by atoms with Gasteiger partial charge in [-0.1, -0.05) is 6.92 Å². The third-order valence-electron chi connectivity index (χ3n) is 1.10. The summed E-state index contributed by atoms with van der Waals surface area (Å²) in [6, 6.07) is 0. The molecule has 0 unspecified atom stereocenters. The number of thiol groups is 1. The maximum atomic E-state index is 10.6. The SMILES string of the molecule is CCC(=O)COC(=O)CCS. The molecule has 3 nitrogen and oxygen atoms in total. The molecular formula is C7H12O3S. The minimum atomic E-state index is -0.359. The summed E-state index contributed by atoms with van der Waals surface area (Å²) in [5.41, 5.74) is 0. The molecule has 0 amide bonds. The first-order valence-corrected chi connectivity index (χ1v) is 4.12. The van der Waals surface area contributed by atoms with E-state index in [1.165, 1.54) is 0 Å². The summed E-state index contributed by atoms with van der Waals surface area (Å²) in [7, 11) is 0. The highest BCUT2D eigenvalue weighted by molar-refractivity contribution is 7.80. The number of ether oxygens (including phenoxy) is 1. The molecule has 0 aromatic heterocycles. The summed E-state index contributed by atoms with van der Waals surface area (Å²) in [5.74, 6) is 0.0402. The van der Waals surface area contributed by atoms with Crippen LogP contribution in [-0.4, -0.2) is 24.1 Å². The second-order valence-corrected chi connectivity index (χ2v) is 2.47. The van der Waals surface area contributed by atoms with Crippen molar-refractivity contribution >= 4 is 24.4 Å². The molecule has 4 heteroatoms. The maximum absolute atomic E-state index is 10.6. The zero-order valence-corrected chi connectivity index (χ0v) is 7.39. The Labute approximate surface area is 71.5 Å². The second kappa shape index (κ2) is 6.22. The Morgan fingerprint density at radius 3 is 2.55 bits per heavy atom. The fourth-order valence-electron chi connectivity index (χ4n) is 0.427. The smallest absolute Gasteiger partial charge is 0.307 e. The van der Waals surface area contributed by atoms with E-state index in [9.17, 15) is 9.59 Å². The number of hydrogen-bond donors (Lipinski definition) is 1. The molecule has 11 heavy (non-hydrogen) atoms. The van der Waals surface area contributed by atoms with Crippen LogP contribution in [0.15, 0.2) is 0 Å². The Balaban J connectivity index is 3.38. The average Bonchev–Trinajstić information content (AvgIpc) is 2.01. The minimum absolute atomic E-state index is 0.0579. The van der Waals surface area contributed by atoms with Gasteiger partial charge in [-0.25, -0.2) is 0 Å². The number of Topliss-reactive ketones (excluding diaryl/α,β-unsaturated/α-hetero) is 1. The van der Waals surface area contributed by atoms with E-state index in [0.717, 1.165) is 0 Å². The summed E-state index contributed by atoms with van der Waals surface area (Å²) >= 11 is 3.84. The molecule has 64 valence electrons. The van der Waals surface area contributed by atoms with E-state index in [1.54, 1.807) is 6.92 Å². The zero-order valence-electron chi connectivity index (χ0n) is 6.50. The predicted molar refractivity (Wildman–Crippen MR) is 44.7 cm³/mol. The lowest BCUT2D eigenvalue weighted by Crippen LogP contribution is -2.12. The van der Waals surface area contributed by atoms with Crippen LogP contribution in [0, 0.1) is 0 Å². The monoisotopic (exact) mass is 176 g/mol. The van der Waals surface area contributed by atoms with E-state index in [1.807, 2.05) is 0 Å². The van der Waals surface area contributed by atoms with Gasteiger partial charge in [-0.2, -0.15) is 12.6 Å². The van der Waals surface area contributed by atoms with Crippen molar-refractivity contribution in [3.63, 3.8) is 0 Å². The van der Waals surface area contributed by atoms with Crippen LogP contribution in [0.2, 0.25) is 0 Å². The molecule has 0 saturated carbocycles. The van der Waals surface area contributed by atoms with Gasteiger partial charge in [0.1, 0.15) is 6.61 Å². The largest absolute Gasteiger partial charge is 0.458 e. The van der Waals surface area contributed by atoms with Crippen molar-refractivity contribution in [1.82, 2.24) is 0 Å². The summed E-state index contributed by atoms with van der Waals surface area (Å²) in [6.45, 7) is 1.64. The summed E-state index contributed by atoms with van der Waals surface area (Å²) in [5, 5.41) is 0. The number of hydrogen-bond acceptors (Lipinski definition) is 4. The molecule has 0 bridgehead atoms. The molecule has 0 N–H and O–H groups in total. The maximum Gasteiger partial charge on any atom is 0.307 e. The van der Waals surface area contributed by atoms with Crippen LogP contribution < -0.4 is 0 Å². The molecule has 0 aliphatic rings. The number of carbonyl (C=O) groups is 2. The molecule has 0 aromatic carbocycles. The Morgan fingerprint density at radius 1 is 1.45 bits per heavy atom. The lowest BCUT2D eigenvalue weighted by molar-refractivity contribution is -0.147. The van der Waals surface area contributed by atoms with Gasteiger partial charge in [0.2, 0.25) is 0 Å². The molecule has 0 heterocycles. The molecule has 0 atom stereocenters. The highest BCUT2D eigenvalue weighted by Gasteiger charge is 2.03. The third-order valence-corrected chi connectivity index (χ3v) is 1.33. The van der Waals surface area contributed by atoms with Crippen LogP contribution >= 0.6 is 12.6 Å². The van der Waals surface area contributed by atoms with Crippen LogP contribution in [0.4, 0.5) is 0 Å². The highest BCUT2D eigenvalue weighted by Crippen LogP contribution is 1.90. The average molecular weight is 176 g/mol. The molecule has 0 rings (SSSR count). The van der Waals surface area contributed by atoms with Gasteiger partial charge >= 0.3 is 5.97 Å². The van der Waals surface area contributed by atoms with Crippen molar-refractivity contribution in [2.75, 3.05) is 12.4 Å². The van der Waals surface area contributed by atoms with Crippen LogP contribution in [0.5, 0.6) is 0 Å². The molecule has 0 aliphatic carbocycles. The lowest BCUT2D eigenvalue weighted by Gasteiger charge is -2.00. The Morgan fingerprint density at radius 2 is 2.09 bits per heavy atom. The first-order chi connectivity index (χ1) is 5.20. The van der Waals surface area contributed by atoms with Gasteiger partial charge in [-0.05, 0) is 0 Å². The van der Waals surface area contributed by atoms with Crippen molar-refractivity contribution in [1.29, 1.82) is 0 Å². The molecule has 0 saturated heterocycles. The van der Waals surface area contributed by atoms with Gasteiger partial charge in [-0.3, -0.25) is 9.59 Å². The van der Waals surface area contributed by atoms with E-state index < -0.39 is 0 Å². The summed E-state index contributed by atoms with van der Waals surface area (Å²) < 4.78 is 4.60. The van der Waals surface area contributed by atoms with Gasteiger partial charge in [0.05, 0.1) is 6.42 Å². The standard InChI is InChI=1S/C7H12O3S/c1-2-6(8)5-10-7(9)3-4-11/h11H,2-5H2,1H3. The molecule has 0 spiro atoms. The van der Waals surface area contributed by atoms with Crippen molar-refractivity contribution in [2.24, 2.45) is 0 Å². The van der Waals surface area contributed by atoms with Crippen molar-refractivity contribution in [3.05, 3.63) is 0 Å². The quantitative estimate of drug-likeness (QED) is 0.498. The van der Waals surface area contributed by atoms with Gasteiger partial charge < -0.3 is 4.74 Å². The van der Waals surface area contributed by atoms with E-state index in [0.29, 0.717) is 12.2 Å². The zero-order chi connectivity index (χ0) is 8.69. The topological polar surface area (TPSA) is 43.4 Å². The Hall–Kier alpha value is -0.510. The van der Waals surface area contributed by atoms with E-state index >= 15 is 0 Å². The molecular weight excluding hydrogens is 164 g/mol. The van der Waals surface area contributed by atoms with Crippen LogP contribution in [0.3, 0.4) is 0 Å². The van der Waals surface area contributed by atoms with Gasteiger partial charge in [0, 0.05) is 12.2 Å². The number of rotatable bonds is 5.